The molecule has 2 amide bonds. The van der Waals surface area contributed by atoms with Crippen LogP contribution in [0.15, 0.2) is 36.5 Å². The van der Waals surface area contributed by atoms with Crippen molar-refractivity contribution < 1.29 is 14.3 Å². The molecular weight excluding hydrogens is 402 g/mol. The minimum atomic E-state index is -0.537. The fraction of sp³-hybridized carbons (Fsp3) is 0.615. The van der Waals surface area contributed by atoms with Gasteiger partial charge in [-0.2, -0.15) is 0 Å². The van der Waals surface area contributed by atoms with E-state index in [4.69, 9.17) is 4.74 Å². The van der Waals surface area contributed by atoms with Crippen LogP contribution in [0.3, 0.4) is 0 Å². The monoisotopic (exact) mass is 445 g/mol. The van der Waals surface area contributed by atoms with Crippen LogP contribution in [0.1, 0.15) is 65.9 Å². The highest BCUT2D eigenvalue weighted by molar-refractivity contribution is 5.88. The van der Waals surface area contributed by atoms with Crippen LogP contribution in [0, 0.1) is 11.8 Å². The Labute approximate surface area is 194 Å². The average Bonchev–Trinajstić information content (AvgIpc) is 2.78. The van der Waals surface area contributed by atoms with Crippen LogP contribution in [0.4, 0.5) is 0 Å². The van der Waals surface area contributed by atoms with E-state index in [2.05, 4.69) is 42.4 Å². The van der Waals surface area contributed by atoms with Gasteiger partial charge in [0.25, 0.3) is 0 Å². The molecule has 0 saturated heterocycles. The summed E-state index contributed by atoms with van der Waals surface area (Å²) < 4.78 is 5.99. The summed E-state index contributed by atoms with van der Waals surface area (Å²) in [7, 11) is 0. The lowest BCUT2D eigenvalue weighted by Crippen LogP contribution is -2.49. The summed E-state index contributed by atoms with van der Waals surface area (Å²) in [5.74, 6) is 1.39. The summed E-state index contributed by atoms with van der Waals surface area (Å²) in [5.41, 5.74) is 1.96. The molecule has 0 spiro atoms. The summed E-state index contributed by atoms with van der Waals surface area (Å²) in [6.07, 6.45) is 4.07. The highest BCUT2D eigenvalue weighted by Gasteiger charge is 2.21. The number of aryl methyl sites for hydroxylation is 1. The molecule has 0 radical (unpaired) electrons. The van der Waals surface area contributed by atoms with Crippen LogP contribution < -0.4 is 20.7 Å². The first-order chi connectivity index (χ1) is 15.3. The van der Waals surface area contributed by atoms with Crippen molar-refractivity contribution in [1.82, 2.24) is 16.0 Å². The molecule has 3 N–H and O–H groups in total. The number of amides is 2. The van der Waals surface area contributed by atoms with Gasteiger partial charge in [0.2, 0.25) is 11.8 Å². The Morgan fingerprint density at radius 2 is 1.81 bits per heavy atom. The molecular formula is C26H43N3O3. The highest BCUT2D eigenvalue weighted by Crippen LogP contribution is 2.20. The number of allylic oxidation sites excluding steroid dienone is 1. The third-order valence-electron chi connectivity index (χ3n) is 5.40. The maximum atomic E-state index is 12.7. The molecule has 1 aromatic carbocycles. The summed E-state index contributed by atoms with van der Waals surface area (Å²) in [6.45, 7) is 15.6. The zero-order valence-electron chi connectivity index (χ0n) is 20.6. The van der Waals surface area contributed by atoms with E-state index >= 15 is 0 Å². The Kier molecular flexibility index (Phi) is 13.2. The SMILES string of the molecule is C=C(CC)NCC(=O)NC(CC(C)C)C(=O)NCCCc1ccccc1OC[C@H](C)CC. The Morgan fingerprint density at radius 3 is 2.47 bits per heavy atom. The molecule has 0 fully saturated rings. The minimum absolute atomic E-state index is 0.127. The molecule has 6 nitrogen and oxygen atoms in total. The third kappa shape index (κ3) is 11.2. The van der Waals surface area contributed by atoms with E-state index in [9.17, 15) is 9.59 Å². The van der Waals surface area contributed by atoms with Crippen molar-refractivity contribution in [2.75, 3.05) is 19.7 Å². The topological polar surface area (TPSA) is 79.5 Å². The summed E-state index contributed by atoms with van der Waals surface area (Å²) in [6, 6.07) is 7.55. The molecule has 0 bridgehead atoms. The maximum absolute atomic E-state index is 12.7. The first kappa shape index (κ1) is 27.5. The van der Waals surface area contributed by atoms with Gasteiger partial charge in [0.05, 0.1) is 13.2 Å². The second-order valence-electron chi connectivity index (χ2n) is 8.89. The van der Waals surface area contributed by atoms with Crippen molar-refractivity contribution in [2.24, 2.45) is 11.8 Å². The van der Waals surface area contributed by atoms with E-state index in [1.807, 2.05) is 39.0 Å². The Balaban J connectivity index is 2.52. The molecule has 2 atom stereocenters. The standard InChI is InChI=1S/C26H43N3O3/c1-7-20(5)18-32-24-14-10-9-12-22(24)13-11-15-27-26(31)23(16-19(3)4)29-25(30)17-28-21(6)8-2/h9-10,12,14,19-20,23,28H,6-8,11,13,15-18H2,1-5H3,(H,27,31)(H,29,30)/t20-,23?/m1/s1. The van der Waals surface area contributed by atoms with Crippen molar-refractivity contribution in [3.8, 4) is 5.75 Å². The molecule has 1 aromatic rings. The van der Waals surface area contributed by atoms with Gasteiger partial charge in [0.1, 0.15) is 11.8 Å². The van der Waals surface area contributed by atoms with Crippen LogP contribution in [0.25, 0.3) is 0 Å². The number of carbonyl (C=O) groups excluding carboxylic acids is 2. The quantitative estimate of drug-likeness (QED) is 0.333. The van der Waals surface area contributed by atoms with Crippen molar-refractivity contribution in [3.05, 3.63) is 42.1 Å². The van der Waals surface area contributed by atoms with Crippen LogP contribution >= 0.6 is 0 Å². The maximum Gasteiger partial charge on any atom is 0.242 e. The first-order valence-electron chi connectivity index (χ1n) is 12.0. The number of hydrogen-bond acceptors (Lipinski definition) is 4. The van der Waals surface area contributed by atoms with E-state index < -0.39 is 6.04 Å². The van der Waals surface area contributed by atoms with Crippen LogP contribution in [-0.4, -0.2) is 37.6 Å². The third-order valence-corrected chi connectivity index (χ3v) is 5.40. The smallest absolute Gasteiger partial charge is 0.242 e. The van der Waals surface area contributed by atoms with Gasteiger partial charge in [-0.1, -0.05) is 65.8 Å². The van der Waals surface area contributed by atoms with Crippen molar-refractivity contribution in [2.45, 2.75) is 72.8 Å². The Morgan fingerprint density at radius 1 is 1.09 bits per heavy atom. The molecule has 0 heterocycles. The van der Waals surface area contributed by atoms with Gasteiger partial charge in [0, 0.05) is 12.2 Å². The fourth-order valence-electron chi connectivity index (χ4n) is 3.09. The van der Waals surface area contributed by atoms with Crippen LogP contribution in [-0.2, 0) is 16.0 Å². The van der Waals surface area contributed by atoms with Gasteiger partial charge in [-0.15, -0.1) is 0 Å². The predicted octanol–water partition coefficient (Wildman–Crippen LogP) is 4.20. The van der Waals surface area contributed by atoms with Crippen LogP contribution in [0.5, 0.6) is 5.75 Å². The number of rotatable bonds is 16. The average molecular weight is 446 g/mol. The van der Waals surface area contributed by atoms with Gasteiger partial charge in [-0.05, 0) is 49.1 Å². The molecule has 0 aromatic heterocycles. The molecule has 0 aliphatic rings. The lowest BCUT2D eigenvalue weighted by Gasteiger charge is -2.21. The van der Waals surface area contributed by atoms with Gasteiger partial charge in [-0.25, -0.2) is 0 Å². The first-order valence-corrected chi connectivity index (χ1v) is 12.0. The molecule has 0 aliphatic heterocycles. The lowest BCUT2D eigenvalue weighted by atomic mass is 10.0. The number of ether oxygens (including phenoxy) is 1. The number of carbonyl (C=O) groups is 2. The molecule has 0 aliphatic carbocycles. The zero-order chi connectivity index (χ0) is 23.9. The largest absolute Gasteiger partial charge is 0.493 e. The number of para-hydroxylation sites is 1. The molecule has 32 heavy (non-hydrogen) atoms. The molecule has 1 rings (SSSR count). The van der Waals surface area contributed by atoms with Gasteiger partial charge in [0.15, 0.2) is 0 Å². The second kappa shape index (κ2) is 15.3. The van der Waals surface area contributed by atoms with Crippen molar-refractivity contribution in [1.29, 1.82) is 0 Å². The summed E-state index contributed by atoms with van der Waals surface area (Å²) in [4.78, 5) is 24.9. The second-order valence-corrected chi connectivity index (χ2v) is 8.89. The van der Waals surface area contributed by atoms with E-state index in [1.54, 1.807) is 0 Å². The molecule has 180 valence electrons. The van der Waals surface area contributed by atoms with E-state index in [1.165, 1.54) is 0 Å². The van der Waals surface area contributed by atoms with Crippen LogP contribution in [0.2, 0.25) is 0 Å². The number of benzene rings is 1. The lowest BCUT2D eigenvalue weighted by molar-refractivity contribution is -0.128. The number of hydrogen-bond donors (Lipinski definition) is 3. The van der Waals surface area contributed by atoms with E-state index in [0.29, 0.717) is 31.4 Å². The minimum Gasteiger partial charge on any atom is -0.493 e. The molecule has 6 heteroatoms. The van der Waals surface area contributed by atoms with E-state index in [-0.39, 0.29) is 18.4 Å². The number of nitrogens with one attached hydrogen (secondary N) is 3. The van der Waals surface area contributed by atoms with Gasteiger partial charge < -0.3 is 20.7 Å². The summed E-state index contributed by atoms with van der Waals surface area (Å²) in [5, 5.41) is 8.82. The molecule has 1 unspecified atom stereocenters. The Bertz CT molecular complexity index is 718. The molecule has 0 saturated carbocycles. The predicted molar refractivity (Wildman–Crippen MR) is 132 cm³/mol. The van der Waals surface area contributed by atoms with E-state index in [0.717, 1.165) is 42.7 Å². The van der Waals surface area contributed by atoms with Crippen molar-refractivity contribution in [3.63, 3.8) is 0 Å². The van der Waals surface area contributed by atoms with Gasteiger partial charge in [-0.3, -0.25) is 9.59 Å². The summed E-state index contributed by atoms with van der Waals surface area (Å²) >= 11 is 0. The fourth-order valence-corrected chi connectivity index (χ4v) is 3.09. The van der Waals surface area contributed by atoms with Crippen molar-refractivity contribution >= 4 is 11.8 Å². The van der Waals surface area contributed by atoms with Gasteiger partial charge >= 0.3 is 0 Å². The Hall–Kier alpha value is -2.50. The highest BCUT2D eigenvalue weighted by atomic mass is 16.5. The normalized spacial score (nSPS) is 12.7. The zero-order valence-corrected chi connectivity index (χ0v) is 20.6.